The molecule has 3 atom stereocenters. The van der Waals surface area contributed by atoms with Crippen molar-refractivity contribution >= 4 is 5.69 Å². The Hall–Kier alpha value is -1.09. The normalized spacial score (nSPS) is 30.4. The van der Waals surface area contributed by atoms with Crippen molar-refractivity contribution in [3.8, 4) is 0 Å². The monoisotopic (exact) mass is 276 g/mol. The fourth-order valence-electron chi connectivity index (χ4n) is 3.89. The summed E-state index contributed by atoms with van der Waals surface area (Å²) in [6.07, 6.45) is 7.60. The van der Waals surface area contributed by atoms with Gasteiger partial charge in [0.1, 0.15) is 5.82 Å². The molecule has 0 amide bonds. The average molecular weight is 276 g/mol. The molecule has 0 aromatic heterocycles. The number of halogens is 1. The van der Waals surface area contributed by atoms with Gasteiger partial charge < -0.3 is 10.6 Å². The molecule has 0 bridgehead atoms. The van der Waals surface area contributed by atoms with Crippen LogP contribution < -0.4 is 10.6 Å². The highest BCUT2D eigenvalue weighted by Crippen LogP contribution is 2.34. The fraction of sp³-hybridized carbons (Fsp3) is 0.647. The summed E-state index contributed by atoms with van der Waals surface area (Å²) < 4.78 is 14.0. The van der Waals surface area contributed by atoms with Gasteiger partial charge >= 0.3 is 0 Å². The lowest BCUT2D eigenvalue weighted by Gasteiger charge is -2.33. The van der Waals surface area contributed by atoms with E-state index < -0.39 is 0 Å². The van der Waals surface area contributed by atoms with Crippen LogP contribution in [0.1, 0.15) is 44.1 Å². The Labute approximate surface area is 121 Å². The van der Waals surface area contributed by atoms with Crippen molar-refractivity contribution in [1.82, 2.24) is 5.32 Å². The van der Waals surface area contributed by atoms with E-state index in [2.05, 4.69) is 10.6 Å². The summed E-state index contributed by atoms with van der Waals surface area (Å²) in [6.45, 7) is 3.13. The number of hydrogen-bond donors (Lipinski definition) is 2. The minimum Gasteiger partial charge on any atom is -0.379 e. The second-order valence-corrected chi connectivity index (χ2v) is 6.33. The molecule has 2 fully saturated rings. The van der Waals surface area contributed by atoms with Crippen molar-refractivity contribution < 1.29 is 4.39 Å². The molecule has 3 heteroatoms. The number of piperidine rings is 1. The maximum Gasteiger partial charge on any atom is 0.146 e. The molecule has 1 aromatic rings. The number of nitrogens with one attached hydrogen (secondary N) is 2. The first-order chi connectivity index (χ1) is 9.75. The van der Waals surface area contributed by atoms with Crippen LogP contribution in [0.5, 0.6) is 0 Å². The first kappa shape index (κ1) is 13.9. The van der Waals surface area contributed by atoms with Crippen LogP contribution in [0.2, 0.25) is 0 Å². The molecule has 1 heterocycles. The molecular formula is C17H25FN2. The van der Waals surface area contributed by atoms with Gasteiger partial charge in [0.25, 0.3) is 0 Å². The number of anilines is 1. The van der Waals surface area contributed by atoms with Crippen molar-refractivity contribution in [2.75, 3.05) is 11.9 Å². The van der Waals surface area contributed by atoms with E-state index in [-0.39, 0.29) is 5.82 Å². The molecule has 1 saturated carbocycles. The molecule has 3 unspecified atom stereocenters. The first-order valence-electron chi connectivity index (χ1n) is 8.01. The predicted octanol–water partition coefficient (Wildman–Crippen LogP) is 3.86. The number of hydrogen-bond acceptors (Lipinski definition) is 2. The Bertz CT molecular complexity index is 434. The average Bonchev–Trinajstić information content (AvgIpc) is 2.92. The van der Waals surface area contributed by atoms with E-state index in [0.29, 0.717) is 23.7 Å². The van der Waals surface area contributed by atoms with Gasteiger partial charge in [-0.3, -0.25) is 0 Å². The maximum absolute atomic E-state index is 14.0. The van der Waals surface area contributed by atoms with Crippen molar-refractivity contribution in [2.45, 2.75) is 57.5 Å². The number of rotatable bonds is 3. The zero-order valence-electron chi connectivity index (χ0n) is 12.3. The summed E-state index contributed by atoms with van der Waals surface area (Å²) in [6, 6.07) is 6.36. The molecule has 2 aliphatic rings. The van der Waals surface area contributed by atoms with Crippen molar-refractivity contribution in [3.05, 3.63) is 29.6 Å². The van der Waals surface area contributed by atoms with E-state index in [0.717, 1.165) is 18.5 Å². The third-order valence-electron chi connectivity index (χ3n) is 4.99. The van der Waals surface area contributed by atoms with Gasteiger partial charge in [0.05, 0.1) is 5.69 Å². The van der Waals surface area contributed by atoms with Crippen LogP contribution in [-0.2, 0) is 0 Å². The van der Waals surface area contributed by atoms with Gasteiger partial charge in [0.15, 0.2) is 0 Å². The van der Waals surface area contributed by atoms with Gasteiger partial charge in [-0.2, -0.15) is 0 Å². The fourth-order valence-corrected chi connectivity index (χ4v) is 3.89. The van der Waals surface area contributed by atoms with Gasteiger partial charge in [-0.1, -0.05) is 25.0 Å². The molecule has 1 aromatic carbocycles. The molecule has 20 heavy (non-hydrogen) atoms. The molecule has 2 nitrogen and oxygen atoms in total. The van der Waals surface area contributed by atoms with E-state index in [9.17, 15) is 4.39 Å². The summed E-state index contributed by atoms with van der Waals surface area (Å²) in [5, 5.41) is 7.18. The van der Waals surface area contributed by atoms with Gasteiger partial charge in [0.2, 0.25) is 0 Å². The van der Waals surface area contributed by atoms with Crippen molar-refractivity contribution in [1.29, 1.82) is 0 Å². The van der Waals surface area contributed by atoms with Crippen molar-refractivity contribution in [2.24, 2.45) is 5.92 Å². The molecule has 110 valence electrons. The number of para-hydroxylation sites is 1. The zero-order valence-corrected chi connectivity index (χ0v) is 12.3. The summed E-state index contributed by atoms with van der Waals surface area (Å²) in [5.41, 5.74) is 1.72. The highest BCUT2D eigenvalue weighted by Gasteiger charge is 2.34. The highest BCUT2D eigenvalue weighted by molar-refractivity contribution is 5.52. The number of aryl methyl sites for hydroxylation is 1. The Morgan fingerprint density at radius 2 is 2.05 bits per heavy atom. The third-order valence-corrected chi connectivity index (χ3v) is 4.99. The van der Waals surface area contributed by atoms with Crippen LogP contribution in [0.15, 0.2) is 18.2 Å². The molecule has 0 radical (unpaired) electrons. The Kier molecular flexibility index (Phi) is 4.25. The van der Waals surface area contributed by atoms with Gasteiger partial charge in [-0.15, -0.1) is 0 Å². The second-order valence-electron chi connectivity index (χ2n) is 6.33. The second kappa shape index (κ2) is 6.13. The molecule has 1 aliphatic heterocycles. The molecule has 2 N–H and O–H groups in total. The topological polar surface area (TPSA) is 24.1 Å². The van der Waals surface area contributed by atoms with Crippen LogP contribution in [-0.4, -0.2) is 18.6 Å². The minimum atomic E-state index is -0.118. The van der Waals surface area contributed by atoms with Crippen LogP contribution in [0.3, 0.4) is 0 Å². The Morgan fingerprint density at radius 3 is 2.80 bits per heavy atom. The molecule has 1 aliphatic carbocycles. The quantitative estimate of drug-likeness (QED) is 0.876. The van der Waals surface area contributed by atoms with Gasteiger partial charge in [-0.25, -0.2) is 4.39 Å². The smallest absolute Gasteiger partial charge is 0.146 e. The Balaban J connectivity index is 1.72. The van der Waals surface area contributed by atoms with E-state index in [1.807, 2.05) is 13.0 Å². The van der Waals surface area contributed by atoms with E-state index >= 15 is 0 Å². The van der Waals surface area contributed by atoms with Crippen LogP contribution in [0.4, 0.5) is 10.1 Å². The van der Waals surface area contributed by atoms with Gasteiger partial charge in [-0.05, 0) is 56.7 Å². The summed E-state index contributed by atoms with van der Waals surface area (Å²) in [4.78, 5) is 0. The number of benzene rings is 1. The molecule has 0 spiro atoms. The lowest BCUT2D eigenvalue weighted by molar-refractivity contribution is 0.286. The summed E-state index contributed by atoms with van der Waals surface area (Å²) in [5.74, 6) is 0.529. The SMILES string of the molecule is Cc1cccc(F)c1NC1CCCC1C1CCCCN1. The largest absolute Gasteiger partial charge is 0.379 e. The van der Waals surface area contributed by atoms with Crippen molar-refractivity contribution in [3.63, 3.8) is 0 Å². The van der Waals surface area contributed by atoms with E-state index in [1.54, 1.807) is 12.1 Å². The summed E-state index contributed by atoms with van der Waals surface area (Å²) in [7, 11) is 0. The molecule has 1 saturated heterocycles. The maximum atomic E-state index is 14.0. The minimum absolute atomic E-state index is 0.118. The van der Waals surface area contributed by atoms with Crippen LogP contribution >= 0.6 is 0 Å². The third kappa shape index (κ3) is 2.83. The standard InChI is InChI=1S/C17H25FN2/c1-12-6-4-8-14(18)17(12)20-16-10-5-7-13(16)15-9-2-3-11-19-15/h4,6,8,13,15-16,19-20H,2-3,5,7,9-11H2,1H3. The lowest BCUT2D eigenvalue weighted by atomic mass is 9.88. The highest BCUT2D eigenvalue weighted by atomic mass is 19.1. The zero-order chi connectivity index (χ0) is 13.9. The van der Waals surface area contributed by atoms with E-state index in [4.69, 9.17) is 0 Å². The van der Waals surface area contributed by atoms with Crippen LogP contribution in [0.25, 0.3) is 0 Å². The first-order valence-corrected chi connectivity index (χ1v) is 8.01. The Morgan fingerprint density at radius 1 is 1.15 bits per heavy atom. The van der Waals surface area contributed by atoms with Gasteiger partial charge in [0, 0.05) is 12.1 Å². The predicted molar refractivity (Wildman–Crippen MR) is 81.5 cm³/mol. The molecular weight excluding hydrogens is 251 g/mol. The van der Waals surface area contributed by atoms with Crippen LogP contribution in [0, 0.1) is 18.7 Å². The summed E-state index contributed by atoms with van der Waals surface area (Å²) >= 11 is 0. The lowest BCUT2D eigenvalue weighted by Crippen LogP contribution is -2.44. The van der Waals surface area contributed by atoms with E-state index in [1.165, 1.54) is 32.1 Å². The molecule has 3 rings (SSSR count).